The van der Waals surface area contributed by atoms with Crippen molar-refractivity contribution < 1.29 is 23.9 Å². The summed E-state index contributed by atoms with van der Waals surface area (Å²) < 4.78 is 9.67. The summed E-state index contributed by atoms with van der Waals surface area (Å²) in [6.45, 7) is 5.16. The summed E-state index contributed by atoms with van der Waals surface area (Å²) in [6.07, 6.45) is 1.81. The first-order valence-electron chi connectivity index (χ1n) is 6.80. The molecule has 1 amide bonds. The van der Waals surface area contributed by atoms with Crippen molar-refractivity contribution in [1.29, 1.82) is 0 Å². The molecule has 6 heteroatoms. The predicted octanol–water partition coefficient (Wildman–Crippen LogP) is 1.81. The van der Waals surface area contributed by atoms with Crippen molar-refractivity contribution in [1.82, 2.24) is 5.32 Å². The number of methoxy groups -OCH3 is 1. The molecule has 0 heterocycles. The van der Waals surface area contributed by atoms with Crippen LogP contribution in [-0.2, 0) is 19.1 Å². The lowest BCUT2D eigenvalue weighted by Crippen LogP contribution is -2.45. The second-order valence-corrected chi connectivity index (χ2v) is 6.11. The molecule has 0 aromatic rings. The third-order valence-electron chi connectivity index (χ3n) is 2.82. The maximum atomic E-state index is 11.8. The molecule has 1 saturated carbocycles. The van der Waals surface area contributed by atoms with Crippen LogP contribution in [0.2, 0.25) is 0 Å². The van der Waals surface area contributed by atoms with Crippen molar-refractivity contribution >= 4 is 17.8 Å². The van der Waals surface area contributed by atoms with Crippen molar-refractivity contribution in [2.45, 2.75) is 58.1 Å². The van der Waals surface area contributed by atoms with Gasteiger partial charge in [-0.05, 0) is 39.5 Å². The molecule has 1 aliphatic carbocycles. The summed E-state index contributed by atoms with van der Waals surface area (Å²) in [4.78, 5) is 35.0. The van der Waals surface area contributed by atoms with Gasteiger partial charge in [0, 0.05) is 12.8 Å². The van der Waals surface area contributed by atoms with E-state index in [1.54, 1.807) is 20.8 Å². The fourth-order valence-corrected chi connectivity index (χ4v) is 1.74. The molecule has 0 aromatic heterocycles. The van der Waals surface area contributed by atoms with Gasteiger partial charge in [0.05, 0.1) is 7.11 Å². The fourth-order valence-electron chi connectivity index (χ4n) is 1.74. The number of carbonyl (C=O) groups excluding carboxylic acids is 3. The molecule has 0 bridgehead atoms. The van der Waals surface area contributed by atoms with Gasteiger partial charge in [0.25, 0.3) is 0 Å². The molecule has 0 aliphatic heterocycles. The summed E-state index contributed by atoms with van der Waals surface area (Å²) in [5, 5.41) is 2.39. The number of amides is 1. The van der Waals surface area contributed by atoms with Crippen LogP contribution in [0.1, 0.15) is 46.5 Å². The molecule has 1 atom stereocenters. The van der Waals surface area contributed by atoms with Gasteiger partial charge in [0.15, 0.2) is 0 Å². The Labute approximate surface area is 119 Å². The number of carbonyl (C=O) groups is 3. The zero-order chi connectivity index (χ0) is 15.3. The maximum Gasteiger partial charge on any atom is 0.408 e. The fraction of sp³-hybridized carbons (Fsp3) is 0.786. The molecule has 0 unspecified atom stereocenters. The van der Waals surface area contributed by atoms with E-state index in [0.717, 1.165) is 12.8 Å². The first-order valence-corrected chi connectivity index (χ1v) is 6.80. The van der Waals surface area contributed by atoms with Crippen LogP contribution in [0.25, 0.3) is 0 Å². The lowest BCUT2D eigenvalue weighted by molar-refractivity contribution is -0.144. The maximum absolute atomic E-state index is 11.8. The molecular formula is C14H23NO5. The molecule has 0 aromatic carbocycles. The topological polar surface area (TPSA) is 81.7 Å². The van der Waals surface area contributed by atoms with Gasteiger partial charge in [0.2, 0.25) is 0 Å². The minimum absolute atomic E-state index is 0.0426. The van der Waals surface area contributed by atoms with Crippen LogP contribution in [0, 0.1) is 5.92 Å². The van der Waals surface area contributed by atoms with Gasteiger partial charge in [-0.15, -0.1) is 0 Å². The average Bonchev–Trinajstić information content (AvgIpc) is 3.08. The van der Waals surface area contributed by atoms with E-state index >= 15 is 0 Å². The first kappa shape index (κ1) is 16.5. The number of rotatable bonds is 6. The summed E-state index contributed by atoms with van der Waals surface area (Å²) in [5.74, 6) is -0.235. The van der Waals surface area contributed by atoms with Gasteiger partial charge in [-0.1, -0.05) is 0 Å². The third-order valence-corrected chi connectivity index (χ3v) is 2.82. The van der Waals surface area contributed by atoms with Crippen LogP contribution >= 0.6 is 0 Å². The predicted molar refractivity (Wildman–Crippen MR) is 72.1 cm³/mol. The Kier molecular flexibility index (Phi) is 5.53. The van der Waals surface area contributed by atoms with Gasteiger partial charge < -0.3 is 14.8 Å². The van der Waals surface area contributed by atoms with Gasteiger partial charge >= 0.3 is 12.1 Å². The summed E-state index contributed by atoms with van der Waals surface area (Å²) in [7, 11) is 1.22. The van der Waals surface area contributed by atoms with Crippen molar-refractivity contribution in [3.63, 3.8) is 0 Å². The van der Waals surface area contributed by atoms with Crippen LogP contribution in [0.3, 0.4) is 0 Å². The number of ketones is 1. The molecule has 1 fully saturated rings. The largest absolute Gasteiger partial charge is 0.467 e. The number of hydrogen-bond acceptors (Lipinski definition) is 5. The molecule has 114 valence electrons. The summed E-state index contributed by atoms with van der Waals surface area (Å²) in [6, 6.07) is -0.985. The van der Waals surface area contributed by atoms with E-state index in [2.05, 4.69) is 10.1 Å². The minimum atomic E-state index is -0.985. The number of esters is 1. The highest BCUT2D eigenvalue weighted by Crippen LogP contribution is 2.32. The molecule has 1 N–H and O–H groups in total. The molecule has 0 saturated heterocycles. The Hall–Kier alpha value is -1.59. The van der Waals surface area contributed by atoms with E-state index in [0.29, 0.717) is 12.3 Å². The molecule has 20 heavy (non-hydrogen) atoms. The van der Waals surface area contributed by atoms with Crippen LogP contribution < -0.4 is 5.32 Å². The van der Waals surface area contributed by atoms with Crippen molar-refractivity contribution in [3.05, 3.63) is 0 Å². The number of Topliss-reactive ketones (excluding diaryl/α,β-unsaturated/α-hetero) is 1. The van der Waals surface area contributed by atoms with E-state index < -0.39 is 23.7 Å². The standard InChI is InChI=1S/C14H23NO5/c1-14(2,3)20-13(18)15-11(12(17)19-4)8-10(16)7-9-5-6-9/h9,11H,5-8H2,1-4H3,(H,15,18)/t11-/m0/s1. The first-order chi connectivity index (χ1) is 9.21. The molecule has 6 nitrogen and oxygen atoms in total. The SMILES string of the molecule is COC(=O)[C@H](CC(=O)CC1CC1)NC(=O)OC(C)(C)C. The van der Waals surface area contributed by atoms with Gasteiger partial charge in [-0.25, -0.2) is 9.59 Å². The second kappa shape index (κ2) is 6.72. The van der Waals surface area contributed by atoms with Crippen molar-refractivity contribution in [2.75, 3.05) is 7.11 Å². The second-order valence-electron chi connectivity index (χ2n) is 6.11. The zero-order valence-corrected chi connectivity index (χ0v) is 12.5. The van der Waals surface area contributed by atoms with Crippen LogP contribution in [0.5, 0.6) is 0 Å². The van der Waals surface area contributed by atoms with Crippen molar-refractivity contribution in [2.24, 2.45) is 5.92 Å². The molecule has 1 aliphatic rings. The third kappa shape index (κ3) is 6.54. The number of nitrogens with one attached hydrogen (secondary N) is 1. The van der Waals surface area contributed by atoms with Gasteiger partial charge in [0.1, 0.15) is 17.4 Å². The lowest BCUT2D eigenvalue weighted by atomic mass is 10.1. The Morgan fingerprint density at radius 3 is 2.30 bits per heavy atom. The van der Waals surface area contributed by atoms with Crippen LogP contribution in [0.4, 0.5) is 4.79 Å². The molecule has 1 rings (SSSR count). The van der Waals surface area contributed by atoms with E-state index in [4.69, 9.17) is 4.74 Å². The Balaban J connectivity index is 2.52. The number of hydrogen-bond donors (Lipinski definition) is 1. The Bertz CT molecular complexity index is 382. The quantitative estimate of drug-likeness (QED) is 0.753. The normalized spacial score (nSPS) is 16.2. The highest BCUT2D eigenvalue weighted by atomic mass is 16.6. The van der Waals surface area contributed by atoms with Crippen LogP contribution in [0.15, 0.2) is 0 Å². The van der Waals surface area contributed by atoms with E-state index in [9.17, 15) is 14.4 Å². The number of ether oxygens (including phenoxy) is 2. The monoisotopic (exact) mass is 285 g/mol. The van der Waals surface area contributed by atoms with E-state index in [-0.39, 0.29) is 12.2 Å². The Morgan fingerprint density at radius 2 is 1.85 bits per heavy atom. The van der Waals surface area contributed by atoms with E-state index in [1.165, 1.54) is 7.11 Å². The highest BCUT2D eigenvalue weighted by Gasteiger charge is 2.30. The number of alkyl carbamates (subject to hydrolysis) is 1. The van der Waals surface area contributed by atoms with Gasteiger partial charge in [-0.3, -0.25) is 4.79 Å². The highest BCUT2D eigenvalue weighted by molar-refractivity contribution is 5.89. The Morgan fingerprint density at radius 1 is 1.25 bits per heavy atom. The average molecular weight is 285 g/mol. The van der Waals surface area contributed by atoms with Crippen LogP contribution in [-0.4, -0.2) is 36.6 Å². The lowest BCUT2D eigenvalue weighted by Gasteiger charge is -2.22. The molecular weight excluding hydrogens is 262 g/mol. The van der Waals surface area contributed by atoms with Gasteiger partial charge in [-0.2, -0.15) is 0 Å². The van der Waals surface area contributed by atoms with E-state index in [1.807, 2.05) is 0 Å². The van der Waals surface area contributed by atoms with Crippen molar-refractivity contribution in [3.8, 4) is 0 Å². The summed E-state index contributed by atoms with van der Waals surface area (Å²) in [5.41, 5.74) is -0.664. The molecule has 0 radical (unpaired) electrons. The summed E-state index contributed by atoms with van der Waals surface area (Å²) >= 11 is 0. The molecule has 0 spiro atoms. The zero-order valence-electron chi connectivity index (χ0n) is 12.5. The smallest absolute Gasteiger partial charge is 0.408 e. The minimum Gasteiger partial charge on any atom is -0.467 e.